The molecule has 6 amide bonds. The number of imide groups is 3. The first-order valence-electron chi connectivity index (χ1n) is 10.2. The molecule has 1 unspecified atom stereocenters. The lowest BCUT2D eigenvalue weighted by molar-refractivity contribution is -0.139. The minimum atomic E-state index is -0.882. The molecule has 3 aliphatic rings. The van der Waals surface area contributed by atoms with Gasteiger partial charge in [-0.1, -0.05) is 36.4 Å². The molecule has 166 valence electrons. The number of hydrogen-bond donors (Lipinski definition) is 0. The summed E-state index contributed by atoms with van der Waals surface area (Å²) in [6, 6.07) is 12.3. The summed E-state index contributed by atoms with van der Waals surface area (Å²) >= 11 is 0. The maximum absolute atomic E-state index is 12.6. The van der Waals surface area contributed by atoms with E-state index in [1.807, 2.05) is 0 Å². The molecule has 0 spiro atoms. The van der Waals surface area contributed by atoms with Crippen molar-refractivity contribution in [2.45, 2.75) is 6.04 Å². The zero-order chi connectivity index (χ0) is 24.0. The molecule has 1 atom stereocenters. The van der Waals surface area contributed by atoms with Crippen LogP contribution in [0.5, 0.6) is 0 Å². The molecule has 2 aromatic carbocycles. The first kappa shape index (κ1) is 21.0. The maximum atomic E-state index is 12.6. The Kier molecular flexibility index (Phi) is 4.86. The topological polar surface area (TPSA) is 112 Å². The van der Waals surface area contributed by atoms with E-state index >= 15 is 0 Å². The summed E-state index contributed by atoms with van der Waals surface area (Å²) in [7, 11) is 0. The van der Waals surface area contributed by atoms with Crippen LogP contribution in [-0.2, 0) is 28.8 Å². The van der Waals surface area contributed by atoms with Crippen molar-refractivity contribution in [3.8, 4) is 0 Å². The van der Waals surface area contributed by atoms with Crippen molar-refractivity contribution in [3.63, 3.8) is 0 Å². The standard InChI is InChI=1S/C25H15N3O6/c29-19-8-9-20(30)26(19)17-7-6-16(14-18(17)27-21(31)10-11-22(27)32)25(15-4-2-1-3-5-15)28-23(33)12-13-24(28)34/h1-14,25H. The summed E-state index contributed by atoms with van der Waals surface area (Å²) in [6.45, 7) is 0. The van der Waals surface area contributed by atoms with Crippen molar-refractivity contribution < 1.29 is 28.8 Å². The molecule has 9 nitrogen and oxygen atoms in total. The second-order valence-corrected chi connectivity index (χ2v) is 7.63. The van der Waals surface area contributed by atoms with Crippen molar-refractivity contribution in [1.29, 1.82) is 0 Å². The average Bonchev–Trinajstić information content (AvgIpc) is 3.46. The zero-order valence-electron chi connectivity index (χ0n) is 17.5. The Morgan fingerprint density at radius 1 is 0.471 bits per heavy atom. The zero-order valence-corrected chi connectivity index (χ0v) is 17.5. The van der Waals surface area contributed by atoms with Gasteiger partial charge in [0.2, 0.25) is 0 Å². The van der Waals surface area contributed by atoms with E-state index in [0.717, 1.165) is 51.2 Å². The third-order valence-corrected chi connectivity index (χ3v) is 5.63. The van der Waals surface area contributed by atoms with Crippen LogP contribution in [0.15, 0.2) is 85.0 Å². The molecular formula is C25H15N3O6. The summed E-state index contributed by atoms with van der Waals surface area (Å²) in [5.41, 5.74) is 1.02. The van der Waals surface area contributed by atoms with Gasteiger partial charge in [0.15, 0.2) is 0 Å². The van der Waals surface area contributed by atoms with Crippen LogP contribution >= 0.6 is 0 Å². The SMILES string of the molecule is O=C1C=CC(=O)N1c1ccc(C(c2ccccc2)N2C(=O)C=CC2=O)cc1N1C(=O)C=CC1=O. The largest absolute Gasteiger partial charge is 0.269 e. The van der Waals surface area contributed by atoms with Crippen LogP contribution in [-0.4, -0.2) is 40.3 Å². The number of rotatable bonds is 5. The number of hydrogen-bond acceptors (Lipinski definition) is 6. The molecule has 0 radical (unpaired) electrons. The smallest absolute Gasteiger partial charge is 0.258 e. The third kappa shape index (κ3) is 3.27. The molecular weight excluding hydrogens is 438 g/mol. The van der Waals surface area contributed by atoms with E-state index in [1.165, 1.54) is 12.1 Å². The Labute approximate surface area is 192 Å². The number of carbonyl (C=O) groups is 6. The van der Waals surface area contributed by atoms with Gasteiger partial charge >= 0.3 is 0 Å². The van der Waals surface area contributed by atoms with Gasteiger partial charge in [-0.05, 0) is 23.3 Å². The van der Waals surface area contributed by atoms with Gasteiger partial charge in [0.25, 0.3) is 35.4 Å². The van der Waals surface area contributed by atoms with E-state index in [0.29, 0.717) is 11.1 Å². The Bertz CT molecular complexity index is 1330. The fourth-order valence-electron chi connectivity index (χ4n) is 4.15. The van der Waals surface area contributed by atoms with Crippen molar-refractivity contribution in [3.05, 3.63) is 96.1 Å². The molecule has 0 saturated heterocycles. The first-order chi connectivity index (χ1) is 16.4. The number of anilines is 2. The minimum Gasteiger partial charge on any atom is -0.269 e. The summed E-state index contributed by atoms with van der Waals surface area (Å²) in [6.07, 6.45) is 6.67. The van der Waals surface area contributed by atoms with E-state index in [9.17, 15) is 28.8 Å². The number of carbonyl (C=O) groups excluding carboxylic acids is 6. The molecule has 3 heterocycles. The lowest BCUT2D eigenvalue weighted by Crippen LogP contribution is -2.37. The molecule has 9 heteroatoms. The lowest BCUT2D eigenvalue weighted by Gasteiger charge is -2.29. The quantitative estimate of drug-likeness (QED) is 0.635. The van der Waals surface area contributed by atoms with Gasteiger partial charge in [-0.25, -0.2) is 9.80 Å². The van der Waals surface area contributed by atoms with Crippen LogP contribution in [0.1, 0.15) is 17.2 Å². The van der Waals surface area contributed by atoms with Crippen molar-refractivity contribution in [1.82, 2.24) is 4.90 Å². The van der Waals surface area contributed by atoms with Crippen LogP contribution in [0, 0.1) is 0 Å². The van der Waals surface area contributed by atoms with E-state index in [2.05, 4.69) is 0 Å². The molecule has 3 aliphatic heterocycles. The average molecular weight is 453 g/mol. The number of nitrogens with zero attached hydrogens (tertiary/aromatic N) is 3. The summed E-state index contributed by atoms with van der Waals surface area (Å²) in [5.74, 6) is -3.59. The molecule has 2 aromatic rings. The van der Waals surface area contributed by atoms with Crippen LogP contribution in [0.3, 0.4) is 0 Å². The van der Waals surface area contributed by atoms with Crippen LogP contribution in [0.4, 0.5) is 11.4 Å². The van der Waals surface area contributed by atoms with Gasteiger partial charge in [-0.3, -0.25) is 33.7 Å². The molecule has 0 saturated carbocycles. The van der Waals surface area contributed by atoms with Crippen molar-refractivity contribution in [2.24, 2.45) is 0 Å². The lowest BCUT2D eigenvalue weighted by atomic mass is 9.95. The molecule has 0 aliphatic carbocycles. The Hall–Kier alpha value is -4.92. The summed E-state index contributed by atoms with van der Waals surface area (Å²) < 4.78 is 0. The van der Waals surface area contributed by atoms with Crippen LogP contribution in [0.25, 0.3) is 0 Å². The number of amides is 6. The Morgan fingerprint density at radius 3 is 1.47 bits per heavy atom. The van der Waals surface area contributed by atoms with Gasteiger partial charge in [-0.15, -0.1) is 0 Å². The molecule has 0 N–H and O–H groups in total. The minimum absolute atomic E-state index is 0.0177. The first-order valence-corrected chi connectivity index (χ1v) is 10.2. The highest BCUT2D eigenvalue weighted by atomic mass is 16.2. The number of benzene rings is 2. The summed E-state index contributed by atoms with van der Waals surface area (Å²) in [4.78, 5) is 77.6. The van der Waals surface area contributed by atoms with E-state index in [4.69, 9.17) is 0 Å². The fourth-order valence-corrected chi connectivity index (χ4v) is 4.15. The molecule has 0 fully saturated rings. The summed E-state index contributed by atoms with van der Waals surface area (Å²) in [5, 5.41) is 0. The molecule has 5 rings (SSSR count). The third-order valence-electron chi connectivity index (χ3n) is 5.63. The monoisotopic (exact) mass is 453 g/mol. The predicted octanol–water partition coefficient (Wildman–Crippen LogP) is 1.56. The van der Waals surface area contributed by atoms with Gasteiger partial charge < -0.3 is 0 Å². The normalized spacial score (nSPS) is 18.3. The highest BCUT2D eigenvalue weighted by Crippen LogP contribution is 2.39. The van der Waals surface area contributed by atoms with Crippen molar-refractivity contribution in [2.75, 3.05) is 9.80 Å². The predicted molar refractivity (Wildman–Crippen MR) is 119 cm³/mol. The van der Waals surface area contributed by atoms with Crippen LogP contribution in [0.2, 0.25) is 0 Å². The van der Waals surface area contributed by atoms with Gasteiger partial charge in [0.05, 0.1) is 17.4 Å². The Balaban J connectivity index is 1.70. The van der Waals surface area contributed by atoms with E-state index in [1.54, 1.807) is 36.4 Å². The molecule has 0 bridgehead atoms. The van der Waals surface area contributed by atoms with E-state index in [-0.39, 0.29) is 11.4 Å². The van der Waals surface area contributed by atoms with Gasteiger partial charge in [0.1, 0.15) is 0 Å². The highest BCUT2D eigenvalue weighted by molar-refractivity contribution is 6.33. The Morgan fingerprint density at radius 2 is 0.941 bits per heavy atom. The highest BCUT2D eigenvalue weighted by Gasteiger charge is 2.37. The molecule has 0 aromatic heterocycles. The second-order valence-electron chi connectivity index (χ2n) is 7.63. The van der Waals surface area contributed by atoms with Gasteiger partial charge in [0, 0.05) is 36.5 Å². The molecule has 34 heavy (non-hydrogen) atoms. The fraction of sp³-hybridized carbons (Fsp3) is 0.0400. The van der Waals surface area contributed by atoms with Crippen molar-refractivity contribution >= 4 is 46.8 Å². The van der Waals surface area contributed by atoms with Gasteiger partial charge in [-0.2, -0.15) is 0 Å². The maximum Gasteiger partial charge on any atom is 0.258 e. The second kappa shape index (κ2) is 7.89. The van der Waals surface area contributed by atoms with E-state index < -0.39 is 41.5 Å². The van der Waals surface area contributed by atoms with Crippen LogP contribution < -0.4 is 9.80 Å².